The van der Waals surface area contributed by atoms with E-state index in [-0.39, 0.29) is 17.5 Å². The highest BCUT2D eigenvalue weighted by Crippen LogP contribution is 2.35. The first-order valence-electron chi connectivity index (χ1n) is 23.2. The Hall–Kier alpha value is -9.81. The van der Waals surface area contributed by atoms with Gasteiger partial charge in [-0.3, -0.25) is 13.7 Å². The summed E-state index contributed by atoms with van der Waals surface area (Å²) in [6.45, 7) is 0. The monoisotopic (exact) mass is 939 g/mol. The van der Waals surface area contributed by atoms with Crippen LogP contribution >= 0.6 is 0 Å². The van der Waals surface area contributed by atoms with Gasteiger partial charge in [-0.25, -0.2) is 43.1 Å². The quantitative estimate of drug-likeness (QED) is 0.143. The van der Waals surface area contributed by atoms with E-state index in [1.54, 1.807) is 36.4 Å². The van der Waals surface area contributed by atoms with E-state index in [1.807, 2.05) is 159 Å². The molecule has 0 amide bonds. The number of benzene rings is 9. The van der Waals surface area contributed by atoms with Gasteiger partial charge in [-0.05, 0) is 109 Å². The second-order valence-corrected chi connectivity index (χ2v) is 17.2. The number of fused-ring (bicyclic) bond motifs is 3. The van der Waals surface area contributed by atoms with Crippen molar-refractivity contribution in [1.82, 2.24) is 43.6 Å². The van der Waals surface area contributed by atoms with Crippen LogP contribution < -0.4 is 0 Å². The van der Waals surface area contributed by atoms with Gasteiger partial charge in [0, 0.05) is 50.4 Å². The van der Waals surface area contributed by atoms with Crippen molar-refractivity contribution in [3.8, 4) is 85.4 Å². The second kappa shape index (κ2) is 17.3. The van der Waals surface area contributed by atoms with Crippen LogP contribution in [0, 0.1) is 17.5 Å². The molecule has 0 spiro atoms. The maximum absolute atomic E-state index is 14.1. The predicted octanol–water partition coefficient (Wildman–Crippen LogP) is 14.3. The van der Waals surface area contributed by atoms with E-state index < -0.39 is 0 Å². The molecule has 0 aliphatic heterocycles. The molecule has 13 aromatic rings. The summed E-state index contributed by atoms with van der Waals surface area (Å²) in [5.74, 6) is 2.52. The highest BCUT2D eigenvalue weighted by molar-refractivity contribution is 5.86. The molecule has 9 nitrogen and oxygen atoms in total. The number of rotatable bonds is 9. The van der Waals surface area contributed by atoms with Crippen molar-refractivity contribution in [2.24, 2.45) is 0 Å². The third kappa shape index (κ3) is 7.54. The van der Waals surface area contributed by atoms with Gasteiger partial charge in [-0.15, -0.1) is 0 Å². The highest BCUT2D eigenvalue weighted by atomic mass is 19.1. The number of hydrogen-bond acceptors (Lipinski definition) is 6. The Kier molecular flexibility index (Phi) is 10.2. The van der Waals surface area contributed by atoms with Gasteiger partial charge in [-0.1, -0.05) is 109 Å². The fraction of sp³-hybridized carbons (Fsp3) is 0. The molecule has 12 heteroatoms. The molecule has 0 atom stereocenters. The lowest BCUT2D eigenvalue weighted by molar-refractivity contribution is 0.627. The number of imidazole rings is 3. The van der Waals surface area contributed by atoms with E-state index >= 15 is 0 Å². The lowest BCUT2D eigenvalue weighted by atomic mass is 10.1. The van der Waals surface area contributed by atoms with Crippen molar-refractivity contribution in [3.63, 3.8) is 0 Å². The van der Waals surface area contributed by atoms with Gasteiger partial charge in [0.15, 0.2) is 17.5 Å². The summed E-state index contributed by atoms with van der Waals surface area (Å²) in [7, 11) is 0. The lowest BCUT2D eigenvalue weighted by Gasteiger charge is -2.12. The average Bonchev–Trinajstić information content (AvgIpc) is 4.14. The standard InChI is InChI=1S/C60H36F3N9/c61-43-25-31-46(32-26-43)70-52-10-4-1-7-49(52)64-58(70)40-19-13-37(14-20-40)55-67-56(38-15-21-41(22-16-38)59-65-50-8-2-5-11-53(50)71(59)47-33-27-44(62)28-34-47)69-57(68-55)39-17-23-42(24-18-39)60-66-51-9-3-6-12-54(51)72(60)48-35-29-45(63)30-36-48/h1-36H. The minimum absolute atomic E-state index is 0.317. The number of halogens is 3. The van der Waals surface area contributed by atoms with Gasteiger partial charge < -0.3 is 0 Å². The molecule has 9 aromatic carbocycles. The van der Waals surface area contributed by atoms with Crippen molar-refractivity contribution in [3.05, 3.63) is 236 Å². The molecule has 0 saturated carbocycles. The van der Waals surface area contributed by atoms with Crippen molar-refractivity contribution in [2.75, 3.05) is 0 Å². The molecule has 0 aliphatic carbocycles. The topological polar surface area (TPSA) is 92.1 Å². The lowest BCUT2D eigenvalue weighted by Crippen LogP contribution is -2.01. The number of nitrogens with zero attached hydrogens (tertiary/aromatic N) is 9. The van der Waals surface area contributed by atoms with Crippen LogP contribution in [0.4, 0.5) is 13.2 Å². The molecule has 0 radical (unpaired) electrons. The largest absolute Gasteiger partial charge is 0.292 e. The molecule has 4 aromatic heterocycles. The highest BCUT2D eigenvalue weighted by Gasteiger charge is 2.20. The summed E-state index contributed by atoms with van der Waals surface area (Å²) < 4.78 is 48.4. The summed E-state index contributed by atoms with van der Waals surface area (Å²) in [4.78, 5) is 30.3. The molecular weight excluding hydrogens is 904 g/mol. The Bertz CT molecular complexity index is 3700. The van der Waals surface area contributed by atoms with Crippen molar-refractivity contribution in [2.45, 2.75) is 0 Å². The predicted molar refractivity (Wildman–Crippen MR) is 276 cm³/mol. The Balaban J connectivity index is 0.912. The van der Waals surface area contributed by atoms with Crippen molar-refractivity contribution < 1.29 is 13.2 Å². The Labute approximate surface area is 409 Å². The molecule has 13 rings (SSSR count). The van der Waals surface area contributed by atoms with Crippen LogP contribution in [-0.4, -0.2) is 43.6 Å². The van der Waals surface area contributed by atoms with Crippen LogP contribution in [0.25, 0.3) is 118 Å². The van der Waals surface area contributed by atoms with E-state index in [2.05, 4.69) is 0 Å². The second-order valence-electron chi connectivity index (χ2n) is 17.2. The van der Waals surface area contributed by atoms with E-state index in [0.29, 0.717) is 34.9 Å². The summed E-state index contributed by atoms with van der Waals surface area (Å²) in [6.07, 6.45) is 0. The Morgan fingerprint density at radius 2 is 0.472 bits per heavy atom. The third-order valence-corrected chi connectivity index (χ3v) is 12.8. The smallest absolute Gasteiger partial charge is 0.164 e. The molecule has 4 heterocycles. The summed E-state index contributed by atoms with van der Waals surface area (Å²) in [5, 5.41) is 0. The zero-order valence-corrected chi connectivity index (χ0v) is 37.9. The van der Waals surface area contributed by atoms with E-state index in [9.17, 15) is 13.2 Å². The van der Waals surface area contributed by atoms with Crippen LogP contribution in [0.1, 0.15) is 0 Å². The third-order valence-electron chi connectivity index (χ3n) is 12.8. The number of aromatic nitrogens is 9. The zero-order chi connectivity index (χ0) is 48.3. The normalized spacial score (nSPS) is 11.5. The van der Waals surface area contributed by atoms with Crippen LogP contribution in [0.15, 0.2) is 218 Å². The zero-order valence-electron chi connectivity index (χ0n) is 37.9. The Morgan fingerprint density at radius 1 is 0.236 bits per heavy atom. The van der Waals surface area contributed by atoms with Gasteiger partial charge in [0.25, 0.3) is 0 Å². The maximum atomic E-state index is 14.1. The van der Waals surface area contributed by atoms with Crippen molar-refractivity contribution in [1.29, 1.82) is 0 Å². The van der Waals surface area contributed by atoms with E-state index in [4.69, 9.17) is 29.9 Å². The van der Waals surface area contributed by atoms with Crippen LogP contribution in [0.3, 0.4) is 0 Å². The molecule has 0 fully saturated rings. The van der Waals surface area contributed by atoms with Gasteiger partial charge in [0.1, 0.15) is 34.9 Å². The van der Waals surface area contributed by atoms with Crippen LogP contribution in [0.2, 0.25) is 0 Å². The average molecular weight is 940 g/mol. The van der Waals surface area contributed by atoms with Crippen LogP contribution in [0.5, 0.6) is 0 Å². The first-order chi connectivity index (χ1) is 35.4. The molecule has 0 aliphatic rings. The molecular formula is C60H36F3N9. The molecule has 0 bridgehead atoms. The van der Waals surface area contributed by atoms with Gasteiger partial charge in [-0.2, -0.15) is 0 Å². The summed E-state index contributed by atoms with van der Waals surface area (Å²) in [5.41, 5.74) is 12.3. The number of hydrogen-bond donors (Lipinski definition) is 0. The molecule has 0 unspecified atom stereocenters. The fourth-order valence-electron chi connectivity index (χ4n) is 9.28. The molecule has 0 saturated heterocycles. The molecule has 72 heavy (non-hydrogen) atoms. The molecule has 342 valence electrons. The SMILES string of the molecule is Fc1ccc(-n2c(-c3ccc(-c4nc(-c5ccc(-c6nc7ccccc7n6-c6ccc(F)cc6)cc5)nc(-c5ccc(-c6nc7ccccc7n6-c6ccc(F)cc6)cc5)n4)cc3)nc3ccccc32)cc1. The summed E-state index contributed by atoms with van der Waals surface area (Å²) >= 11 is 0. The maximum Gasteiger partial charge on any atom is 0.164 e. The van der Waals surface area contributed by atoms with E-state index in [1.165, 1.54) is 36.4 Å². The first kappa shape index (κ1) is 42.3. The van der Waals surface area contributed by atoms with Gasteiger partial charge in [0.2, 0.25) is 0 Å². The van der Waals surface area contributed by atoms with E-state index in [0.717, 1.165) is 83.5 Å². The minimum atomic E-state index is -0.317. The Morgan fingerprint density at radius 3 is 0.736 bits per heavy atom. The van der Waals surface area contributed by atoms with Gasteiger partial charge >= 0.3 is 0 Å². The first-order valence-corrected chi connectivity index (χ1v) is 23.2. The van der Waals surface area contributed by atoms with Crippen LogP contribution in [-0.2, 0) is 0 Å². The minimum Gasteiger partial charge on any atom is -0.292 e. The van der Waals surface area contributed by atoms with Crippen molar-refractivity contribution >= 4 is 33.1 Å². The van der Waals surface area contributed by atoms with Gasteiger partial charge in [0.05, 0.1) is 33.1 Å². The number of para-hydroxylation sites is 6. The summed E-state index contributed by atoms with van der Waals surface area (Å²) in [6, 6.07) is 66.6. The fourth-order valence-corrected chi connectivity index (χ4v) is 9.28. The molecule has 0 N–H and O–H groups in total.